The Morgan fingerprint density at radius 3 is 1.00 bits per heavy atom. The molecule has 0 saturated carbocycles. The van der Waals surface area contributed by atoms with Crippen LogP contribution in [0.15, 0.2) is 54.6 Å². The van der Waals surface area contributed by atoms with Crippen molar-refractivity contribution in [3.8, 4) is 0 Å². The van der Waals surface area contributed by atoms with Gasteiger partial charge in [0.25, 0.3) is 0 Å². The van der Waals surface area contributed by atoms with Crippen molar-refractivity contribution in [2.45, 2.75) is 65.1 Å². The molecule has 0 bridgehead atoms. The molecule has 2 aromatic carbocycles. The predicted octanol–water partition coefficient (Wildman–Crippen LogP) is 6.43. The van der Waals surface area contributed by atoms with E-state index in [1.807, 2.05) is 36.4 Å². The second-order valence-corrected chi connectivity index (χ2v) is 8.63. The van der Waals surface area contributed by atoms with Gasteiger partial charge in [-0.1, -0.05) is 75.4 Å². The number of ether oxygens (including phenoxy) is 2. The van der Waals surface area contributed by atoms with Crippen LogP contribution in [0.25, 0.3) is 0 Å². The lowest BCUT2D eigenvalue weighted by atomic mass is 9.80. The highest BCUT2D eigenvalue weighted by molar-refractivity contribution is 5.39. The Bertz CT molecular complexity index is 603. The molecule has 2 nitrogen and oxygen atoms in total. The first kappa shape index (κ1) is 22.4. The van der Waals surface area contributed by atoms with Gasteiger partial charge in [-0.2, -0.15) is 0 Å². The lowest BCUT2D eigenvalue weighted by Gasteiger charge is -2.31. The first-order valence-electron chi connectivity index (χ1n) is 9.21. The Morgan fingerprint density at radius 1 is 0.500 bits per heavy atom. The van der Waals surface area contributed by atoms with Crippen molar-refractivity contribution in [1.29, 1.82) is 0 Å². The van der Waals surface area contributed by atoms with Crippen LogP contribution in [0.5, 0.6) is 0 Å². The van der Waals surface area contributed by atoms with Crippen LogP contribution in [-0.4, -0.2) is 14.2 Å². The first-order valence-corrected chi connectivity index (χ1v) is 9.21. The van der Waals surface area contributed by atoms with Gasteiger partial charge in [0.05, 0.1) is 11.2 Å². The van der Waals surface area contributed by atoms with Crippen molar-refractivity contribution in [1.82, 2.24) is 0 Å². The van der Waals surface area contributed by atoms with Crippen LogP contribution < -0.4 is 0 Å². The molecule has 0 radical (unpaired) electrons. The second-order valence-electron chi connectivity index (χ2n) is 8.63. The molecule has 0 saturated heterocycles. The highest BCUT2D eigenvalue weighted by Crippen LogP contribution is 2.35. The van der Waals surface area contributed by atoms with Gasteiger partial charge in [0.1, 0.15) is 0 Å². The van der Waals surface area contributed by atoms with E-state index in [0.29, 0.717) is 0 Å². The second kappa shape index (κ2) is 8.83. The van der Waals surface area contributed by atoms with Crippen LogP contribution in [0.4, 0.5) is 0 Å². The Balaban J connectivity index is 0.000000472. The Kier molecular flexibility index (Phi) is 7.61. The highest BCUT2D eigenvalue weighted by Gasteiger charge is 2.28. The summed E-state index contributed by atoms with van der Waals surface area (Å²) in [5, 5.41) is 0. The Hall–Kier alpha value is -1.64. The summed E-state index contributed by atoms with van der Waals surface area (Å²) < 4.78 is 11.3. The number of benzene rings is 2. The van der Waals surface area contributed by atoms with Gasteiger partial charge >= 0.3 is 0 Å². The van der Waals surface area contributed by atoms with Crippen molar-refractivity contribution >= 4 is 0 Å². The molecule has 0 amide bonds. The van der Waals surface area contributed by atoms with E-state index in [4.69, 9.17) is 9.47 Å². The van der Waals surface area contributed by atoms with Crippen molar-refractivity contribution in [2.75, 3.05) is 14.2 Å². The molecule has 0 unspecified atom stereocenters. The molecule has 0 N–H and O–H groups in total. The van der Waals surface area contributed by atoms with Gasteiger partial charge in [-0.25, -0.2) is 0 Å². The fraction of sp³-hybridized carbons (Fsp3) is 0.500. The van der Waals surface area contributed by atoms with Gasteiger partial charge in [-0.15, -0.1) is 0 Å². The van der Waals surface area contributed by atoms with E-state index < -0.39 is 0 Å². The zero-order chi connectivity index (χ0) is 20.0. The van der Waals surface area contributed by atoms with E-state index in [1.165, 1.54) is 16.7 Å². The third-order valence-electron chi connectivity index (χ3n) is 4.88. The Morgan fingerprint density at radius 2 is 0.769 bits per heavy atom. The zero-order valence-electron chi connectivity index (χ0n) is 18.0. The average molecular weight is 357 g/mol. The third kappa shape index (κ3) is 6.26. The first-order chi connectivity index (χ1) is 11.9. The summed E-state index contributed by atoms with van der Waals surface area (Å²) in [6, 6.07) is 18.7. The maximum Gasteiger partial charge on any atom is 0.0871 e. The summed E-state index contributed by atoms with van der Waals surface area (Å²) in [6.45, 7) is 15.1. The lowest BCUT2D eigenvalue weighted by molar-refractivity contribution is 0.0132. The summed E-state index contributed by atoms with van der Waals surface area (Å²) in [6.07, 6.45) is 0. The maximum atomic E-state index is 5.65. The third-order valence-corrected chi connectivity index (χ3v) is 4.88. The summed E-state index contributed by atoms with van der Waals surface area (Å²) in [5.41, 5.74) is 3.17. The van der Waals surface area contributed by atoms with Crippen molar-refractivity contribution in [2.24, 2.45) is 0 Å². The molecule has 0 heterocycles. The Labute approximate surface area is 160 Å². The smallest absolute Gasteiger partial charge is 0.0871 e. The molecule has 0 spiro atoms. The molecule has 26 heavy (non-hydrogen) atoms. The largest absolute Gasteiger partial charge is 0.374 e. The summed E-state index contributed by atoms with van der Waals surface area (Å²) in [4.78, 5) is 0. The van der Waals surface area contributed by atoms with E-state index in [0.717, 1.165) is 0 Å². The predicted molar refractivity (Wildman–Crippen MR) is 112 cm³/mol. The van der Waals surface area contributed by atoms with Gasteiger partial charge in [0.15, 0.2) is 0 Å². The highest BCUT2D eigenvalue weighted by atomic mass is 16.5. The fourth-order valence-corrected chi connectivity index (χ4v) is 2.38. The molecular formula is C24H36O2. The molecule has 144 valence electrons. The number of rotatable bonds is 4. The molecule has 2 aromatic rings. The monoisotopic (exact) mass is 356 g/mol. The van der Waals surface area contributed by atoms with Crippen LogP contribution in [0, 0.1) is 0 Å². The van der Waals surface area contributed by atoms with Crippen LogP contribution in [-0.2, 0) is 26.1 Å². The zero-order valence-corrected chi connectivity index (χ0v) is 18.0. The average Bonchev–Trinajstić information content (AvgIpc) is 2.62. The van der Waals surface area contributed by atoms with Gasteiger partial charge in [-0.05, 0) is 49.8 Å². The molecule has 0 aromatic heterocycles. The van der Waals surface area contributed by atoms with E-state index >= 15 is 0 Å². The minimum atomic E-state index is -0.306. The molecule has 0 aliphatic heterocycles. The SMILES string of the molecule is COC(C)(C)c1cc(C(C)(C)C)cc(C(C)(C)OC)c1.c1ccccc1. The normalized spacial score (nSPS) is 12.3. The van der Waals surface area contributed by atoms with Crippen molar-refractivity contribution in [3.05, 3.63) is 71.3 Å². The molecule has 0 fully saturated rings. The van der Waals surface area contributed by atoms with E-state index in [9.17, 15) is 0 Å². The minimum Gasteiger partial charge on any atom is -0.374 e. The number of hydrogen-bond donors (Lipinski definition) is 0. The van der Waals surface area contributed by atoms with E-state index in [2.05, 4.69) is 66.7 Å². The van der Waals surface area contributed by atoms with Gasteiger partial charge < -0.3 is 9.47 Å². The lowest BCUT2D eigenvalue weighted by Crippen LogP contribution is -2.25. The van der Waals surface area contributed by atoms with E-state index in [1.54, 1.807) is 14.2 Å². The minimum absolute atomic E-state index is 0.0956. The maximum absolute atomic E-state index is 5.65. The van der Waals surface area contributed by atoms with Crippen LogP contribution in [0.2, 0.25) is 0 Å². The van der Waals surface area contributed by atoms with Gasteiger partial charge in [0.2, 0.25) is 0 Å². The molecule has 0 aliphatic rings. The summed E-state index contributed by atoms with van der Waals surface area (Å²) in [7, 11) is 3.51. The van der Waals surface area contributed by atoms with Crippen LogP contribution in [0.3, 0.4) is 0 Å². The van der Waals surface area contributed by atoms with Crippen molar-refractivity contribution < 1.29 is 9.47 Å². The van der Waals surface area contributed by atoms with Crippen LogP contribution >= 0.6 is 0 Å². The quantitative estimate of drug-likeness (QED) is 0.628. The molecular weight excluding hydrogens is 320 g/mol. The molecule has 0 atom stereocenters. The fourth-order valence-electron chi connectivity index (χ4n) is 2.38. The number of methoxy groups -OCH3 is 2. The molecule has 2 rings (SSSR count). The standard InChI is InChI=1S/C18H30O2.C6H6/c1-16(2,3)13-10-14(17(4,5)19-8)12-15(11-13)18(6,7)20-9;1-2-4-6-5-3-1/h10-12H,1-9H3;1-6H. The topological polar surface area (TPSA) is 18.5 Å². The van der Waals surface area contributed by atoms with Crippen LogP contribution in [0.1, 0.15) is 65.2 Å². The molecule has 0 aliphatic carbocycles. The summed E-state index contributed by atoms with van der Waals surface area (Å²) >= 11 is 0. The molecule has 2 heteroatoms. The van der Waals surface area contributed by atoms with E-state index in [-0.39, 0.29) is 16.6 Å². The van der Waals surface area contributed by atoms with Gasteiger partial charge in [0, 0.05) is 14.2 Å². The van der Waals surface area contributed by atoms with Gasteiger partial charge in [-0.3, -0.25) is 0 Å². The summed E-state index contributed by atoms with van der Waals surface area (Å²) in [5.74, 6) is 0. The number of hydrogen-bond acceptors (Lipinski definition) is 2. The van der Waals surface area contributed by atoms with Crippen molar-refractivity contribution in [3.63, 3.8) is 0 Å².